The van der Waals surface area contributed by atoms with Gasteiger partial charge in [0, 0.05) is 5.39 Å². The van der Waals surface area contributed by atoms with Crippen LogP contribution in [0.15, 0.2) is 36.5 Å². The zero-order valence-corrected chi connectivity index (χ0v) is 8.93. The van der Waals surface area contributed by atoms with Crippen molar-refractivity contribution >= 4 is 22.7 Å². The number of pyridine rings is 1. The summed E-state index contributed by atoms with van der Waals surface area (Å²) in [7, 11) is 0. The lowest BCUT2D eigenvalue weighted by Gasteiger charge is -2.05. The molecule has 2 aromatic rings. The van der Waals surface area contributed by atoms with Crippen molar-refractivity contribution in [2.75, 3.05) is 11.9 Å². The largest absolute Gasteiger partial charge is 0.450 e. The molecule has 0 saturated carbocycles. The Hall–Kier alpha value is -2.10. The number of anilines is 1. The Morgan fingerprint density at radius 1 is 1.44 bits per heavy atom. The summed E-state index contributed by atoms with van der Waals surface area (Å²) in [5.41, 5.74) is 1.54. The third-order valence-corrected chi connectivity index (χ3v) is 2.11. The van der Waals surface area contributed by atoms with Crippen LogP contribution in [0.5, 0.6) is 0 Å². The van der Waals surface area contributed by atoms with Crippen LogP contribution in [0.2, 0.25) is 0 Å². The number of carbonyl (C=O) groups is 1. The summed E-state index contributed by atoms with van der Waals surface area (Å²) < 4.78 is 4.78. The first-order valence-corrected chi connectivity index (χ1v) is 5.08. The summed E-state index contributed by atoms with van der Waals surface area (Å²) in [6.45, 7) is 2.12. The van der Waals surface area contributed by atoms with Crippen molar-refractivity contribution in [1.29, 1.82) is 0 Å². The number of hydrogen-bond acceptors (Lipinski definition) is 3. The molecule has 1 N–H and O–H groups in total. The Kier molecular flexibility index (Phi) is 3.00. The van der Waals surface area contributed by atoms with Gasteiger partial charge < -0.3 is 4.74 Å². The van der Waals surface area contributed by atoms with Crippen molar-refractivity contribution in [2.24, 2.45) is 0 Å². The molecule has 1 aromatic heterocycles. The molecule has 4 nitrogen and oxygen atoms in total. The molecule has 0 spiro atoms. The molecule has 2 rings (SSSR count). The van der Waals surface area contributed by atoms with E-state index in [4.69, 9.17) is 4.74 Å². The van der Waals surface area contributed by atoms with Crippen LogP contribution < -0.4 is 5.32 Å². The molecule has 0 unspecified atom stereocenters. The van der Waals surface area contributed by atoms with Crippen LogP contribution >= 0.6 is 0 Å². The van der Waals surface area contributed by atoms with Crippen molar-refractivity contribution < 1.29 is 9.53 Å². The van der Waals surface area contributed by atoms with E-state index in [9.17, 15) is 4.79 Å². The van der Waals surface area contributed by atoms with Gasteiger partial charge in [-0.05, 0) is 19.1 Å². The van der Waals surface area contributed by atoms with E-state index in [1.54, 1.807) is 13.1 Å². The zero-order chi connectivity index (χ0) is 11.4. The van der Waals surface area contributed by atoms with E-state index in [0.717, 1.165) is 10.9 Å². The predicted octanol–water partition coefficient (Wildman–Crippen LogP) is 2.80. The third kappa shape index (κ3) is 2.28. The average molecular weight is 216 g/mol. The monoisotopic (exact) mass is 216 g/mol. The summed E-state index contributed by atoms with van der Waals surface area (Å²) in [6.07, 6.45) is 1.15. The topological polar surface area (TPSA) is 51.2 Å². The number of carbonyl (C=O) groups excluding carboxylic acids is 1. The highest BCUT2D eigenvalue weighted by atomic mass is 16.5. The molecule has 0 radical (unpaired) electrons. The van der Waals surface area contributed by atoms with E-state index in [1.165, 1.54) is 0 Å². The minimum atomic E-state index is -0.459. The Labute approximate surface area is 93.3 Å². The molecule has 1 aromatic carbocycles. The number of nitrogens with zero attached hydrogens (tertiary/aromatic N) is 1. The maximum Gasteiger partial charge on any atom is 0.411 e. The van der Waals surface area contributed by atoms with Crippen LogP contribution in [0.4, 0.5) is 10.5 Å². The quantitative estimate of drug-likeness (QED) is 0.839. The van der Waals surface area contributed by atoms with Crippen LogP contribution in [0, 0.1) is 0 Å². The number of aromatic nitrogens is 1. The first kappa shape index (κ1) is 10.4. The predicted molar refractivity (Wildman–Crippen MR) is 62.4 cm³/mol. The Bertz CT molecular complexity index is 511. The number of ether oxygens (including phenoxy) is 1. The maximum absolute atomic E-state index is 11.2. The lowest BCUT2D eigenvalue weighted by molar-refractivity contribution is 0.168. The van der Waals surface area contributed by atoms with Crippen molar-refractivity contribution in [3.8, 4) is 0 Å². The van der Waals surface area contributed by atoms with Crippen LogP contribution in [0.1, 0.15) is 6.92 Å². The van der Waals surface area contributed by atoms with Crippen molar-refractivity contribution in [3.63, 3.8) is 0 Å². The Morgan fingerprint density at radius 2 is 2.25 bits per heavy atom. The van der Waals surface area contributed by atoms with Gasteiger partial charge in [0.2, 0.25) is 0 Å². The Morgan fingerprint density at radius 3 is 3.06 bits per heavy atom. The molecule has 1 amide bonds. The summed E-state index contributed by atoms with van der Waals surface area (Å²) in [6, 6.07) is 9.58. The standard InChI is InChI=1S/C12H12N2O2/c1-2-16-12(15)14-10-7-9-5-3-4-6-11(9)13-8-10/h3-8H,2H2,1H3,(H,14,15). The van der Waals surface area contributed by atoms with Gasteiger partial charge in [-0.25, -0.2) is 4.79 Å². The van der Waals surface area contributed by atoms with Gasteiger partial charge in [-0.3, -0.25) is 10.3 Å². The van der Waals surface area contributed by atoms with Crippen LogP contribution in [-0.2, 0) is 4.74 Å². The van der Waals surface area contributed by atoms with Gasteiger partial charge in [-0.2, -0.15) is 0 Å². The first-order chi connectivity index (χ1) is 7.79. The number of rotatable bonds is 2. The maximum atomic E-state index is 11.2. The lowest BCUT2D eigenvalue weighted by Crippen LogP contribution is -2.13. The molecule has 0 aliphatic heterocycles. The van der Waals surface area contributed by atoms with E-state index < -0.39 is 6.09 Å². The van der Waals surface area contributed by atoms with Gasteiger partial charge in [-0.15, -0.1) is 0 Å². The second-order valence-corrected chi connectivity index (χ2v) is 3.26. The minimum Gasteiger partial charge on any atom is -0.450 e. The van der Waals surface area contributed by atoms with Crippen LogP contribution in [-0.4, -0.2) is 17.7 Å². The van der Waals surface area contributed by atoms with E-state index in [2.05, 4.69) is 10.3 Å². The molecule has 82 valence electrons. The molecule has 0 saturated heterocycles. The van der Waals surface area contributed by atoms with Gasteiger partial charge in [0.05, 0.1) is 24.0 Å². The molecule has 4 heteroatoms. The SMILES string of the molecule is CCOC(=O)Nc1cnc2ccccc2c1. The van der Waals surface area contributed by atoms with Crippen LogP contribution in [0.3, 0.4) is 0 Å². The van der Waals surface area contributed by atoms with Crippen molar-refractivity contribution in [2.45, 2.75) is 6.92 Å². The van der Waals surface area contributed by atoms with Crippen molar-refractivity contribution in [1.82, 2.24) is 4.98 Å². The number of fused-ring (bicyclic) bond motifs is 1. The highest BCUT2D eigenvalue weighted by Gasteiger charge is 2.02. The normalized spacial score (nSPS) is 10.1. The molecule has 1 heterocycles. The van der Waals surface area contributed by atoms with E-state index in [1.807, 2.05) is 30.3 Å². The second kappa shape index (κ2) is 4.61. The van der Waals surface area contributed by atoms with Crippen LogP contribution in [0.25, 0.3) is 10.9 Å². The van der Waals surface area contributed by atoms with E-state index in [0.29, 0.717) is 12.3 Å². The third-order valence-electron chi connectivity index (χ3n) is 2.11. The number of nitrogens with one attached hydrogen (secondary N) is 1. The number of amides is 1. The zero-order valence-electron chi connectivity index (χ0n) is 8.93. The van der Waals surface area contributed by atoms with Gasteiger partial charge in [0.15, 0.2) is 0 Å². The number of para-hydroxylation sites is 1. The summed E-state index contributed by atoms with van der Waals surface area (Å²) in [5.74, 6) is 0. The fraction of sp³-hybridized carbons (Fsp3) is 0.167. The molecule has 0 atom stereocenters. The molecule has 0 aliphatic rings. The van der Waals surface area contributed by atoms with Gasteiger partial charge in [0.25, 0.3) is 0 Å². The van der Waals surface area contributed by atoms with Crippen molar-refractivity contribution in [3.05, 3.63) is 36.5 Å². The highest BCUT2D eigenvalue weighted by Crippen LogP contribution is 2.15. The number of benzene rings is 1. The van der Waals surface area contributed by atoms with E-state index >= 15 is 0 Å². The molecule has 0 fully saturated rings. The molecule has 0 aliphatic carbocycles. The smallest absolute Gasteiger partial charge is 0.411 e. The lowest BCUT2D eigenvalue weighted by atomic mass is 10.2. The molecular weight excluding hydrogens is 204 g/mol. The summed E-state index contributed by atoms with van der Waals surface area (Å²) >= 11 is 0. The summed E-state index contributed by atoms with van der Waals surface area (Å²) in [4.78, 5) is 15.4. The van der Waals surface area contributed by atoms with E-state index in [-0.39, 0.29) is 0 Å². The molecular formula is C12H12N2O2. The van der Waals surface area contributed by atoms with Gasteiger partial charge in [0.1, 0.15) is 0 Å². The molecule has 0 bridgehead atoms. The fourth-order valence-electron chi connectivity index (χ4n) is 1.42. The average Bonchev–Trinajstić information content (AvgIpc) is 2.29. The fourth-order valence-corrected chi connectivity index (χ4v) is 1.42. The minimum absolute atomic E-state index is 0.354. The highest BCUT2D eigenvalue weighted by molar-refractivity contribution is 5.88. The summed E-state index contributed by atoms with van der Waals surface area (Å²) in [5, 5.41) is 3.59. The Balaban J connectivity index is 2.22. The first-order valence-electron chi connectivity index (χ1n) is 5.08. The van der Waals surface area contributed by atoms with Gasteiger partial charge in [-0.1, -0.05) is 18.2 Å². The molecule has 16 heavy (non-hydrogen) atoms. The van der Waals surface area contributed by atoms with Gasteiger partial charge >= 0.3 is 6.09 Å². The number of hydrogen-bond donors (Lipinski definition) is 1. The second-order valence-electron chi connectivity index (χ2n) is 3.26.